The second-order valence-corrected chi connectivity index (χ2v) is 5.73. The zero-order chi connectivity index (χ0) is 15.0. The molecule has 0 saturated heterocycles. The van der Waals surface area contributed by atoms with E-state index >= 15 is 0 Å². The number of aromatic amines is 1. The average Bonchev–Trinajstić information content (AvgIpc) is 3.09. The maximum Gasteiger partial charge on any atom is 0.124 e. The summed E-state index contributed by atoms with van der Waals surface area (Å²) < 4.78 is 4.94. The standard InChI is InChI=1S/C17H21N3O/c1-11-12(2)18-17-14(6-5-7-15(11)17)10-20(4)13(3)16-8-9-21-19-16/h5-9,13,18H,10H2,1-4H3/t13-/m1/s1. The zero-order valence-corrected chi connectivity index (χ0v) is 13.0. The topological polar surface area (TPSA) is 45.1 Å². The number of fused-ring (bicyclic) bond motifs is 1. The molecule has 0 bridgehead atoms. The van der Waals surface area contributed by atoms with Gasteiger partial charge in [0.15, 0.2) is 0 Å². The highest BCUT2D eigenvalue weighted by molar-refractivity contribution is 5.87. The normalized spacial score (nSPS) is 13.2. The van der Waals surface area contributed by atoms with Crippen molar-refractivity contribution in [1.29, 1.82) is 0 Å². The maximum absolute atomic E-state index is 4.94. The number of para-hydroxylation sites is 1. The Morgan fingerprint density at radius 3 is 2.81 bits per heavy atom. The van der Waals surface area contributed by atoms with Crippen LogP contribution in [0.25, 0.3) is 10.9 Å². The summed E-state index contributed by atoms with van der Waals surface area (Å²) in [6.07, 6.45) is 1.62. The Labute approximate surface area is 124 Å². The van der Waals surface area contributed by atoms with Crippen LogP contribution in [-0.4, -0.2) is 22.1 Å². The summed E-state index contributed by atoms with van der Waals surface area (Å²) in [7, 11) is 2.11. The van der Waals surface area contributed by atoms with Gasteiger partial charge in [-0.15, -0.1) is 0 Å². The number of benzene rings is 1. The second-order valence-electron chi connectivity index (χ2n) is 5.73. The van der Waals surface area contributed by atoms with Crippen molar-refractivity contribution >= 4 is 10.9 Å². The molecule has 110 valence electrons. The third kappa shape index (κ3) is 2.47. The lowest BCUT2D eigenvalue weighted by Crippen LogP contribution is -2.22. The summed E-state index contributed by atoms with van der Waals surface area (Å²) >= 11 is 0. The van der Waals surface area contributed by atoms with Crippen LogP contribution in [0.2, 0.25) is 0 Å². The fourth-order valence-electron chi connectivity index (χ4n) is 2.74. The first-order valence-corrected chi connectivity index (χ1v) is 7.25. The second kappa shape index (κ2) is 5.37. The first-order valence-electron chi connectivity index (χ1n) is 7.25. The molecule has 0 fully saturated rings. The predicted octanol–water partition coefficient (Wildman–Crippen LogP) is 3.97. The van der Waals surface area contributed by atoms with Crippen molar-refractivity contribution in [2.24, 2.45) is 0 Å². The van der Waals surface area contributed by atoms with Gasteiger partial charge in [0.25, 0.3) is 0 Å². The molecular formula is C17H21N3O. The van der Waals surface area contributed by atoms with Crippen molar-refractivity contribution in [3.05, 3.63) is 53.0 Å². The molecule has 0 radical (unpaired) electrons. The Bertz CT molecular complexity index is 743. The van der Waals surface area contributed by atoms with E-state index in [0.29, 0.717) is 0 Å². The molecule has 3 rings (SSSR count). The monoisotopic (exact) mass is 283 g/mol. The summed E-state index contributed by atoms with van der Waals surface area (Å²) in [5.41, 5.74) is 6.08. The van der Waals surface area contributed by atoms with Gasteiger partial charge in [-0.3, -0.25) is 4.90 Å². The Kier molecular flexibility index (Phi) is 3.55. The summed E-state index contributed by atoms with van der Waals surface area (Å²) in [5, 5.41) is 5.35. The summed E-state index contributed by atoms with van der Waals surface area (Å²) in [6.45, 7) is 7.30. The molecule has 21 heavy (non-hydrogen) atoms. The maximum atomic E-state index is 4.94. The fourth-order valence-corrected chi connectivity index (χ4v) is 2.74. The van der Waals surface area contributed by atoms with E-state index in [1.54, 1.807) is 6.26 Å². The number of aromatic nitrogens is 2. The molecule has 4 heteroatoms. The Morgan fingerprint density at radius 2 is 2.10 bits per heavy atom. The molecule has 1 N–H and O–H groups in total. The van der Waals surface area contributed by atoms with Gasteiger partial charge in [-0.1, -0.05) is 23.4 Å². The number of hydrogen-bond donors (Lipinski definition) is 1. The van der Waals surface area contributed by atoms with Gasteiger partial charge in [0.05, 0.1) is 11.6 Å². The van der Waals surface area contributed by atoms with Gasteiger partial charge in [0.2, 0.25) is 0 Å². The lowest BCUT2D eigenvalue weighted by atomic mass is 10.1. The minimum atomic E-state index is 0.219. The van der Waals surface area contributed by atoms with Crippen LogP contribution in [0.4, 0.5) is 0 Å². The molecule has 0 aliphatic heterocycles. The van der Waals surface area contributed by atoms with Crippen molar-refractivity contribution in [2.75, 3.05) is 7.05 Å². The third-order valence-corrected chi connectivity index (χ3v) is 4.40. The quantitative estimate of drug-likeness (QED) is 0.788. The van der Waals surface area contributed by atoms with Gasteiger partial charge in [-0.05, 0) is 38.9 Å². The summed E-state index contributed by atoms with van der Waals surface area (Å²) in [6, 6.07) is 8.64. The van der Waals surface area contributed by atoms with Crippen LogP contribution < -0.4 is 0 Å². The smallest absolute Gasteiger partial charge is 0.124 e. The minimum Gasteiger partial charge on any atom is -0.364 e. The molecule has 0 amide bonds. The SMILES string of the molecule is Cc1[nH]c2c(CN(C)[C@H](C)c3ccon3)cccc2c1C. The number of H-pyrrole nitrogens is 1. The van der Waals surface area contributed by atoms with Crippen molar-refractivity contribution < 1.29 is 4.52 Å². The van der Waals surface area contributed by atoms with Crippen LogP contribution >= 0.6 is 0 Å². The van der Waals surface area contributed by atoms with Crippen molar-refractivity contribution in [3.63, 3.8) is 0 Å². The van der Waals surface area contributed by atoms with E-state index in [0.717, 1.165) is 12.2 Å². The van der Waals surface area contributed by atoms with Gasteiger partial charge in [0, 0.05) is 23.7 Å². The van der Waals surface area contributed by atoms with Gasteiger partial charge >= 0.3 is 0 Å². The van der Waals surface area contributed by atoms with Crippen molar-refractivity contribution in [2.45, 2.75) is 33.4 Å². The van der Waals surface area contributed by atoms with E-state index in [-0.39, 0.29) is 6.04 Å². The minimum absolute atomic E-state index is 0.219. The number of nitrogens with zero attached hydrogens (tertiary/aromatic N) is 2. The Morgan fingerprint density at radius 1 is 1.29 bits per heavy atom. The molecular weight excluding hydrogens is 262 g/mol. The molecule has 2 aromatic heterocycles. The zero-order valence-electron chi connectivity index (χ0n) is 13.0. The highest BCUT2D eigenvalue weighted by Crippen LogP contribution is 2.26. The average molecular weight is 283 g/mol. The molecule has 0 spiro atoms. The molecule has 0 aliphatic rings. The number of aryl methyl sites for hydroxylation is 2. The highest BCUT2D eigenvalue weighted by Gasteiger charge is 2.16. The first kappa shape index (κ1) is 13.9. The van der Waals surface area contributed by atoms with Gasteiger partial charge in [-0.25, -0.2) is 0 Å². The molecule has 1 atom stereocenters. The van der Waals surface area contributed by atoms with Crippen LogP contribution in [0.5, 0.6) is 0 Å². The Hall–Kier alpha value is -2.07. The van der Waals surface area contributed by atoms with Crippen LogP contribution in [0, 0.1) is 13.8 Å². The molecule has 1 aromatic carbocycles. The molecule has 0 saturated carbocycles. The van der Waals surface area contributed by atoms with E-state index in [4.69, 9.17) is 4.52 Å². The van der Waals surface area contributed by atoms with Crippen molar-refractivity contribution in [1.82, 2.24) is 15.0 Å². The van der Waals surface area contributed by atoms with Gasteiger partial charge in [0.1, 0.15) is 12.0 Å². The Balaban J connectivity index is 1.89. The summed E-state index contributed by atoms with van der Waals surface area (Å²) in [5.74, 6) is 0. The fraction of sp³-hybridized carbons (Fsp3) is 0.353. The van der Waals surface area contributed by atoms with Gasteiger partial charge in [-0.2, -0.15) is 0 Å². The highest BCUT2D eigenvalue weighted by atomic mass is 16.5. The molecule has 0 aliphatic carbocycles. The first-order chi connectivity index (χ1) is 10.1. The lowest BCUT2D eigenvalue weighted by Gasteiger charge is -2.23. The van der Waals surface area contributed by atoms with Crippen LogP contribution in [0.1, 0.15) is 35.5 Å². The van der Waals surface area contributed by atoms with E-state index in [1.165, 1.54) is 27.7 Å². The predicted molar refractivity (Wildman–Crippen MR) is 84.2 cm³/mol. The van der Waals surface area contributed by atoms with Crippen molar-refractivity contribution in [3.8, 4) is 0 Å². The molecule has 2 heterocycles. The summed E-state index contributed by atoms with van der Waals surface area (Å²) in [4.78, 5) is 5.79. The van der Waals surface area contributed by atoms with Gasteiger partial charge < -0.3 is 9.51 Å². The van der Waals surface area contributed by atoms with Crippen LogP contribution in [0.15, 0.2) is 35.1 Å². The van der Waals surface area contributed by atoms with E-state index in [1.807, 2.05) is 6.07 Å². The number of rotatable bonds is 4. The lowest BCUT2D eigenvalue weighted by molar-refractivity contribution is 0.241. The largest absolute Gasteiger partial charge is 0.364 e. The number of hydrogen-bond acceptors (Lipinski definition) is 3. The van der Waals surface area contributed by atoms with E-state index in [9.17, 15) is 0 Å². The molecule has 4 nitrogen and oxygen atoms in total. The number of nitrogens with one attached hydrogen (secondary N) is 1. The molecule has 3 aromatic rings. The van der Waals surface area contributed by atoms with Crippen LogP contribution in [0.3, 0.4) is 0 Å². The molecule has 0 unspecified atom stereocenters. The van der Waals surface area contributed by atoms with E-state index < -0.39 is 0 Å². The van der Waals surface area contributed by atoms with E-state index in [2.05, 4.69) is 61.1 Å². The third-order valence-electron chi connectivity index (χ3n) is 4.40. The van der Waals surface area contributed by atoms with Crippen LogP contribution in [-0.2, 0) is 6.54 Å².